The molecule has 106 valence electrons. The number of hydrogen-bond acceptors (Lipinski definition) is 2. The van der Waals surface area contributed by atoms with Gasteiger partial charge in [0, 0.05) is 11.5 Å². The number of halogens is 2. The lowest BCUT2D eigenvalue weighted by atomic mass is 10.1. The van der Waals surface area contributed by atoms with Gasteiger partial charge in [-0.1, -0.05) is 46.6 Å². The molecule has 0 aliphatic heterocycles. The minimum atomic E-state index is -0.111. The van der Waals surface area contributed by atoms with E-state index in [1.807, 2.05) is 31.2 Å². The van der Waals surface area contributed by atoms with Crippen molar-refractivity contribution in [3.05, 3.63) is 45.0 Å². The molecule has 0 fully saturated rings. The van der Waals surface area contributed by atoms with Crippen molar-refractivity contribution in [2.24, 2.45) is 7.05 Å². The van der Waals surface area contributed by atoms with E-state index in [9.17, 15) is 4.79 Å². The molecule has 4 nitrogen and oxygen atoms in total. The molecule has 0 aliphatic carbocycles. The Balaban J connectivity index is 2.08. The molecule has 0 bridgehead atoms. The van der Waals surface area contributed by atoms with Gasteiger partial charge in [0.2, 0.25) is 5.91 Å². The summed E-state index contributed by atoms with van der Waals surface area (Å²) in [6, 6.07) is 7.64. The number of nitrogens with zero attached hydrogens (tertiary/aromatic N) is 2. The van der Waals surface area contributed by atoms with Crippen LogP contribution in [0.4, 0.5) is 5.82 Å². The van der Waals surface area contributed by atoms with Crippen LogP contribution in [0.2, 0.25) is 5.02 Å². The van der Waals surface area contributed by atoms with Crippen LogP contribution in [-0.4, -0.2) is 15.7 Å². The van der Waals surface area contributed by atoms with E-state index in [0.717, 1.165) is 22.2 Å². The first-order valence-corrected chi connectivity index (χ1v) is 7.44. The molecule has 2 aromatic rings. The number of aryl methyl sites for hydroxylation is 2. The second-order valence-corrected chi connectivity index (χ2v) is 5.73. The number of hydrogen-bond donors (Lipinski definition) is 1. The summed E-state index contributed by atoms with van der Waals surface area (Å²) in [5.41, 5.74) is 1.73. The van der Waals surface area contributed by atoms with Crippen molar-refractivity contribution in [3.8, 4) is 0 Å². The van der Waals surface area contributed by atoms with Gasteiger partial charge in [0.15, 0.2) is 0 Å². The Labute approximate surface area is 131 Å². The summed E-state index contributed by atoms with van der Waals surface area (Å²) in [7, 11) is 1.76. The van der Waals surface area contributed by atoms with E-state index in [4.69, 9.17) is 11.6 Å². The predicted octanol–water partition coefficient (Wildman–Crippen LogP) is 3.58. The van der Waals surface area contributed by atoms with E-state index < -0.39 is 0 Å². The van der Waals surface area contributed by atoms with Gasteiger partial charge in [0.1, 0.15) is 10.8 Å². The molecule has 1 amide bonds. The Bertz CT molecular complexity index is 622. The zero-order valence-corrected chi connectivity index (χ0v) is 13.6. The lowest BCUT2D eigenvalue weighted by Crippen LogP contribution is -2.16. The van der Waals surface area contributed by atoms with Crippen molar-refractivity contribution >= 4 is 39.3 Å². The van der Waals surface area contributed by atoms with E-state index in [2.05, 4.69) is 26.3 Å². The van der Waals surface area contributed by atoms with Crippen molar-refractivity contribution in [1.29, 1.82) is 0 Å². The summed E-state index contributed by atoms with van der Waals surface area (Å²) in [6.07, 6.45) is 1.03. The first-order valence-electron chi connectivity index (χ1n) is 6.27. The second-order valence-electron chi connectivity index (χ2n) is 4.44. The molecule has 1 heterocycles. The Morgan fingerprint density at radius 3 is 2.60 bits per heavy atom. The van der Waals surface area contributed by atoms with Crippen LogP contribution in [0.25, 0.3) is 0 Å². The highest BCUT2D eigenvalue weighted by molar-refractivity contribution is 9.10. The van der Waals surface area contributed by atoms with Gasteiger partial charge in [-0.05, 0) is 24.1 Å². The molecule has 20 heavy (non-hydrogen) atoms. The van der Waals surface area contributed by atoms with Crippen LogP contribution in [-0.2, 0) is 24.7 Å². The average Bonchev–Trinajstić information content (AvgIpc) is 2.69. The van der Waals surface area contributed by atoms with Gasteiger partial charge in [-0.2, -0.15) is 5.10 Å². The van der Waals surface area contributed by atoms with E-state index in [1.54, 1.807) is 11.7 Å². The SMILES string of the molecule is CCc1nn(C)c(NC(=O)Cc2ccc(Br)cc2)c1Cl. The van der Waals surface area contributed by atoms with Crippen LogP contribution >= 0.6 is 27.5 Å². The monoisotopic (exact) mass is 355 g/mol. The summed E-state index contributed by atoms with van der Waals surface area (Å²) in [5, 5.41) is 7.59. The second kappa shape index (κ2) is 6.41. The molecule has 1 aromatic heterocycles. The first-order chi connectivity index (χ1) is 9.51. The van der Waals surface area contributed by atoms with Gasteiger partial charge in [0.05, 0.1) is 12.1 Å². The summed E-state index contributed by atoms with van der Waals surface area (Å²) in [5.74, 6) is 0.436. The third-order valence-electron chi connectivity index (χ3n) is 2.93. The zero-order valence-electron chi connectivity index (χ0n) is 11.3. The molecule has 0 radical (unpaired) electrons. The highest BCUT2D eigenvalue weighted by Gasteiger charge is 2.15. The predicted molar refractivity (Wildman–Crippen MR) is 84.1 cm³/mol. The van der Waals surface area contributed by atoms with Gasteiger partial charge >= 0.3 is 0 Å². The maximum atomic E-state index is 12.0. The van der Waals surface area contributed by atoms with Crippen LogP contribution in [0.5, 0.6) is 0 Å². The standard InChI is InChI=1S/C14H15BrClN3O/c1-3-11-13(16)14(19(2)18-11)17-12(20)8-9-4-6-10(15)7-5-9/h4-7H,3,8H2,1-2H3,(H,17,20). The Morgan fingerprint density at radius 1 is 1.40 bits per heavy atom. The number of carbonyl (C=O) groups is 1. The molecule has 0 saturated heterocycles. The van der Waals surface area contributed by atoms with Gasteiger partial charge in [-0.15, -0.1) is 0 Å². The number of carbonyl (C=O) groups excluding carboxylic acids is 1. The smallest absolute Gasteiger partial charge is 0.229 e. The number of anilines is 1. The number of rotatable bonds is 4. The van der Waals surface area contributed by atoms with Gasteiger partial charge in [-0.3, -0.25) is 9.48 Å². The molecule has 0 atom stereocenters. The van der Waals surface area contributed by atoms with Crippen LogP contribution < -0.4 is 5.32 Å². The zero-order chi connectivity index (χ0) is 14.7. The number of benzene rings is 1. The summed E-state index contributed by atoms with van der Waals surface area (Å²) < 4.78 is 2.59. The highest BCUT2D eigenvalue weighted by atomic mass is 79.9. The van der Waals surface area contributed by atoms with Gasteiger partial charge in [-0.25, -0.2) is 0 Å². The van der Waals surface area contributed by atoms with Gasteiger partial charge in [0.25, 0.3) is 0 Å². The van der Waals surface area contributed by atoms with Crippen LogP contribution in [0, 0.1) is 0 Å². The van der Waals surface area contributed by atoms with Crippen LogP contribution in [0.1, 0.15) is 18.2 Å². The lowest BCUT2D eigenvalue weighted by Gasteiger charge is -2.06. The molecule has 1 aromatic carbocycles. The maximum absolute atomic E-state index is 12.0. The fourth-order valence-electron chi connectivity index (χ4n) is 1.88. The summed E-state index contributed by atoms with van der Waals surface area (Å²) in [6.45, 7) is 1.97. The van der Waals surface area contributed by atoms with Crippen molar-refractivity contribution in [2.45, 2.75) is 19.8 Å². The largest absolute Gasteiger partial charge is 0.309 e. The van der Waals surface area contributed by atoms with Crippen LogP contribution in [0.3, 0.4) is 0 Å². The van der Waals surface area contributed by atoms with Crippen molar-refractivity contribution in [3.63, 3.8) is 0 Å². The molecule has 1 N–H and O–H groups in total. The number of aromatic nitrogens is 2. The molecular weight excluding hydrogens is 342 g/mol. The average molecular weight is 357 g/mol. The molecule has 0 saturated carbocycles. The van der Waals surface area contributed by atoms with E-state index in [1.165, 1.54) is 0 Å². The lowest BCUT2D eigenvalue weighted by molar-refractivity contribution is -0.115. The molecule has 2 rings (SSSR count). The topological polar surface area (TPSA) is 46.9 Å². The molecule has 6 heteroatoms. The third-order valence-corrected chi connectivity index (χ3v) is 3.85. The Kier molecular flexibility index (Phi) is 4.83. The summed E-state index contributed by atoms with van der Waals surface area (Å²) >= 11 is 9.56. The van der Waals surface area contributed by atoms with E-state index in [-0.39, 0.29) is 5.91 Å². The molecule has 0 spiro atoms. The van der Waals surface area contributed by atoms with E-state index >= 15 is 0 Å². The first kappa shape index (κ1) is 15.1. The Morgan fingerprint density at radius 2 is 2.05 bits per heavy atom. The van der Waals surface area contributed by atoms with Crippen molar-refractivity contribution in [1.82, 2.24) is 9.78 Å². The molecule has 0 aliphatic rings. The molecular formula is C14H15BrClN3O. The quantitative estimate of drug-likeness (QED) is 0.910. The fourth-order valence-corrected chi connectivity index (χ4v) is 2.48. The molecule has 0 unspecified atom stereocenters. The van der Waals surface area contributed by atoms with Crippen LogP contribution in [0.15, 0.2) is 28.7 Å². The number of amides is 1. The number of nitrogens with one attached hydrogen (secondary N) is 1. The maximum Gasteiger partial charge on any atom is 0.229 e. The van der Waals surface area contributed by atoms with Crippen molar-refractivity contribution < 1.29 is 4.79 Å². The van der Waals surface area contributed by atoms with Crippen molar-refractivity contribution in [2.75, 3.05) is 5.32 Å². The van der Waals surface area contributed by atoms with E-state index in [0.29, 0.717) is 17.3 Å². The summed E-state index contributed by atoms with van der Waals surface area (Å²) in [4.78, 5) is 12.0. The van der Waals surface area contributed by atoms with Gasteiger partial charge < -0.3 is 5.32 Å². The fraction of sp³-hybridized carbons (Fsp3) is 0.286. The third kappa shape index (κ3) is 3.41. The minimum Gasteiger partial charge on any atom is -0.309 e. The Hall–Kier alpha value is -1.33. The highest BCUT2D eigenvalue weighted by Crippen LogP contribution is 2.25. The normalized spacial score (nSPS) is 10.6. The minimum absolute atomic E-state index is 0.111.